The number of aromatic nitrogens is 3. The summed E-state index contributed by atoms with van der Waals surface area (Å²) in [5.41, 5.74) is 5.80. The molecule has 0 spiro atoms. The molecule has 2 heterocycles. The number of para-hydroxylation sites is 1. The minimum atomic E-state index is -0.175. The molecule has 5 heteroatoms. The van der Waals surface area contributed by atoms with Crippen LogP contribution in [-0.2, 0) is 0 Å². The molecule has 24 heavy (non-hydrogen) atoms. The third kappa shape index (κ3) is 2.93. The first kappa shape index (κ1) is 15.9. The second kappa shape index (κ2) is 6.28. The van der Waals surface area contributed by atoms with Crippen molar-refractivity contribution in [1.29, 1.82) is 0 Å². The molecule has 0 aliphatic carbocycles. The second-order valence-corrected chi connectivity index (χ2v) is 5.89. The van der Waals surface area contributed by atoms with Crippen molar-refractivity contribution in [3.63, 3.8) is 0 Å². The quantitative estimate of drug-likeness (QED) is 0.799. The molecule has 1 N–H and O–H groups in total. The van der Waals surface area contributed by atoms with Crippen molar-refractivity contribution in [1.82, 2.24) is 14.8 Å². The molecule has 0 atom stereocenters. The van der Waals surface area contributed by atoms with E-state index < -0.39 is 0 Å². The van der Waals surface area contributed by atoms with Gasteiger partial charge in [0.25, 0.3) is 5.91 Å². The van der Waals surface area contributed by atoms with Gasteiger partial charge in [-0.25, -0.2) is 4.68 Å². The minimum absolute atomic E-state index is 0.175. The third-order valence-corrected chi connectivity index (χ3v) is 4.02. The SMILES string of the molecule is Cc1cc(C)c(NC(=O)c2cnn(-c3ccccc3)c2C)c(C)n1. The van der Waals surface area contributed by atoms with Crippen LogP contribution in [0.15, 0.2) is 42.6 Å². The maximum absolute atomic E-state index is 12.7. The number of aryl methyl sites for hydroxylation is 3. The fourth-order valence-electron chi connectivity index (χ4n) is 2.86. The van der Waals surface area contributed by atoms with Gasteiger partial charge < -0.3 is 5.32 Å². The van der Waals surface area contributed by atoms with E-state index in [0.717, 1.165) is 34.0 Å². The maximum atomic E-state index is 12.7. The summed E-state index contributed by atoms with van der Waals surface area (Å²) in [6.45, 7) is 7.70. The number of hydrogen-bond donors (Lipinski definition) is 1. The van der Waals surface area contributed by atoms with E-state index in [1.807, 2.05) is 64.1 Å². The van der Waals surface area contributed by atoms with Crippen LogP contribution in [0.3, 0.4) is 0 Å². The van der Waals surface area contributed by atoms with Crippen molar-refractivity contribution >= 4 is 11.6 Å². The lowest BCUT2D eigenvalue weighted by molar-refractivity contribution is 0.102. The van der Waals surface area contributed by atoms with E-state index in [2.05, 4.69) is 15.4 Å². The smallest absolute Gasteiger partial charge is 0.259 e. The van der Waals surface area contributed by atoms with Gasteiger partial charge in [0, 0.05) is 5.69 Å². The molecule has 2 aromatic heterocycles. The number of carbonyl (C=O) groups is 1. The minimum Gasteiger partial charge on any atom is -0.320 e. The maximum Gasteiger partial charge on any atom is 0.259 e. The van der Waals surface area contributed by atoms with E-state index in [1.165, 1.54) is 0 Å². The molecule has 0 saturated heterocycles. The van der Waals surface area contributed by atoms with Crippen LogP contribution in [-0.4, -0.2) is 20.7 Å². The van der Waals surface area contributed by atoms with Gasteiger partial charge in [0.05, 0.1) is 34.5 Å². The first-order valence-corrected chi connectivity index (χ1v) is 7.83. The summed E-state index contributed by atoms with van der Waals surface area (Å²) < 4.78 is 1.77. The molecule has 1 amide bonds. The second-order valence-electron chi connectivity index (χ2n) is 5.89. The highest BCUT2D eigenvalue weighted by Crippen LogP contribution is 2.21. The number of amides is 1. The van der Waals surface area contributed by atoms with Gasteiger partial charge in [0.15, 0.2) is 0 Å². The highest BCUT2D eigenvalue weighted by Gasteiger charge is 2.17. The van der Waals surface area contributed by atoms with Crippen LogP contribution in [0.1, 0.15) is 33.0 Å². The number of nitrogens with one attached hydrogen (secondary N) is 1. The van der Waals surface area contributed by atoms with Crippen molar-refractivity contribution in [2.75, 3.05) is 5.32 Å². The topological polar surface area (TPSA) is 59.8 Å². The van der Waals surface area contributed by atoms with Crippen molar-refractivity contribution < 1.29 is 4.79 Å². The first-order chi connectivity index (χ1) is 11.5. The van der Waals surface area contributed by atoms with Gasteiger partial charge in [-0.2, -0.15) is 5.10 Å². The predicted molar refractivity (Wildman–Crippen MR) is 94.7 cm³/mol. The molecule has 0 unspecified atom stereocenters. The van der Waals surface area contributed by atoms with E-state index in [-0.39, 0.29) is 5.91 Å². The summed E-state index contributed by atoms with van der Waals surface area (Å²) in [5.74, 6) is -0.175. The van der Waals surface area contributed by atoms with Gasteiger partial charge in [-0.3, -0.25) is 9.78 Å². The largest absolute Gasteiger partial charge is 0.320 e. The average Bonchev–Trinajstić information content (AvgIpc) is 2.93. The zero-order valence-electron chi connectivity index (χ0n) is 14.3. The molecule has 3 aromatic rings. The molecule has 122 valence electrons. The summed E-state index contributed by atoms with van der Waals surface area (Å²) in [6, 6.07) is 11.7. The Kier molecular flexibility index (Phi) is 4.16. The number of pyridine rings is 1. The summed E-state index contributed by atoms with van der Waals surface area (Å²) in [5, 5.41) is 7.32. The first-order valence-electron chi connectivity index (χ1n) is 7.83. The number of nitrogens with zero attached hydrogens (tertiary/aromatic N) is 3. The molecule has 3 rings (SSSR count). The van der Waals surface area contributed by atoms with E-state index >= 15 is 0 Å². The molecule has 0 fully saturated rings. The summed E-state index contributed by atoms with van der Waals surface area (Å²) in [7, 11) is 0. The molecular weight excluding hydrogens is 300 g/mol. The molecule has 0 aliphatic heterocycles. The molecule has 0 aliphatic rings. The van der Waals surface area contributed by atoms with Crippen LogP contribution < -0.4 is 5.32 Å². The van der Waals surface area contributed by atoms with E-state index in [9.17, 15) is 4.79 Å². The van der Waals surface area contributed by atoms with Crippen LogP contribution in [0.2, 0.25) is 0 Å². The number of hydrogen-bond acceptors (Lipinski definition) is 3. The van der Waals surface area contributed by atoms with Gasteiger partial charge in [-0.1, -0.05) is 18.2 Å². The summed E-state index contributed by atoms with van der Waals surface area (Å²) >= 11 is 0. The molecule has 1 aromatic carbocycles. The zero-order chi connectivity index (χ0) is 17.3. The Bertz CT molecular complexity index is 874. The van der Waals surface area contributed by atoms with Gasteiger partial charge >= 0.3 is 0 Å². The van der Waals surface area contributed by atoms with Gasteiger partial charge in [-0.15, -0.1) is 0 Å². The van der Waals surface area contributed by atoms with Crippen LogP contribution in [0.5, 0.6) is 0 Å². The Morgan fingerprint density at radius 3 is 2.46 bits per heavy atom. The molecule has 5 nitrogen and oxygen atoms in total. The number of benzene rings is 1. The Morgan fingerprint density at radius 1 is 1.08 bits per heavy atom. The van der Waals surface area contributed by atoms with Crippen LogP contribution >= 0.6 is 0 Å². The Labute approximate surface area is 141 Å². The lowest BCUT2D eigenvalue weighted by Crippen LogP contribution is -2.15. The molecular formula is C19H20N4O. The van der Waals surface area contributed by atoms with Crippen LogP contribution in [0, 0.1) is 27.7 Å². The average molecular weight is 320 g/mol. The molecule has 0 saturated carbocycles. The lowest BCUT2D eigenvalue weighted by atomic mass is 10.1. The van der Waals surface area contributed by atoms with Gasteiger partial charge in [-0.05, 0) is 51.5 Å². The van der Waals surface area contributed by atoms with Crippen LogP contribution in [0.25, 0.3) is 5.69 Å². The van der Waals surface area contributed by atoms with Crippen molar-refractivity contribution in [3.05, 3.63) is 70.8 Å². The number of anilines is 1. The van der Waals surface area contributed by atoms with E-state index in [4.69, 9.17) is 0 Å². The highest BCUT2D eigenvalue weighted by molar-refractivity contribution is 6.05. The molecule has 0 bridgehead atoms. The number of carbonyl (C=O) groups excluding carboxylic acids is 1. The zero-order valence-corrected chi connectivity index (χ0v) is 14.3. The van der Waals surface area contributed by atoms with Gasteiger partial charge in [0.1, 0.15) is 0 Å². The third-order valence-electron chi connectivity index (χ3n) is 4.02. The highest BCUT2D eigenvalue weighted by atomic mass is 16.1. The van der Waals surface area contributed by atoms with E-state index in [1.54, 1.807) is 10.9 Å². The predicted octanol–water partition coefficient (Wildman–Crippen LogP) is 3.75. The van der Waals surface area contributed by atoms with E-state index in [0.29, 0.717) is 5.56 Å². The summed E-state index contributed by atoms with van der Waals surface area (Å²) in [6.07, 6.45) is 1.60. The fraction of sp³-hybridized carbons (Fsp3) is 0.211. The Balaban J connectivity index is 1.91. The van der Waals surface area contributed by atoms with Crippen LogP contribution in [0.4, 0.5) is 5.69 Å². The van der Waals surface area contributed by atoms with Gasteiger partial charge in [0.2, 0.25) is 0 Å². The summed E-state index contributed by atoms with van der Waals surface area (Å²) in [4.78, 5) is 17.1. The lowest BCUT2D eigenvalue weighted by Gasteiger charge is -2.12. The van der Waals surface area contributed by atoms with Crippen molar-refractivity contribution in [3.8, 4) is 5.69 Å². The standard InChI is InChI=1S/C19H20N4O/c1-12-10-13(2)21-14(3)18(12)22-19(24)17-11-20-23(15(17)4)16-8-6-5-7-9-16/h5-11H,1-4H3,(H,22,24). The van der Waals surface area contributed by atoms with Crippen molar-refractivity contribution in [2.24, 2.45) is 0 Å². The normalized spacial score (nSPS) is 10.7. The fourth-order valence-corrected chi connectivity index (χ4v) is 2.86. The number of rotatable bonds is 3. The monoisotopic (exact) mass is 320 g/mol. The molecule has 0 radical (unpaired) electrons. The van der Waals surface area contributed by atoms with Crippen molar-refractivity contribution in [2.45, 2.75) is 27.7 Å². The Morgan fingerprint density at radius 2 is 1.79 bits per heavy atom. The Hall–Kier alpha value is -2.95.